The molecular formula is C11H18N2O. The minimum Gasteiger partial charge on any atom is -0.398 e. The third-order valence-corrected chi connectivity index (χ3v) is 2.22. The maximum atomic E-state index is 5.79. The van der Waals surface area contributed by atoms with E-state index in [1.54, 1.807) is 7.11 Å². The van der Waals surface area contributed by atoms with Crippen LogP contribution < -0.4 is 11.1 Å². The van der Waals surface area contributed by atoms with Gasteiger partial charge in [0.2, 0.25) is 0 Å². The number of nitrogens with two attached hydrogens (primary N) is 1. The third kappa shape index (κ3) is 2.92. The summed E-state index contributed by atoms with van der Waals surface area (Å²) in [7, 11) is 1.71. The Bertz CT molecular complexity index is 287. The Kier molecular flexibility index (Phi) is 4.26. The lowest BCUT2D eigenvalue weighted by atomic mass is 10.1. The fourth-order valence-electron chi connectivity index (χ4n) is 1.28. The zero-order valence-electron chi connectivity index (χ0n) is 8.84. The van der Waals surface area contributed by atoms with Gasteiger partial charge in [-0.3, -0.25) is 0 Å². The summed E-state index contributed by atoms with van der Waals surface area (Å²) in [5.74, 6) is 0. The van der Waals surface area contributed by atoms with Crippen molar-refractivity contribution in [2.24, 2.45) is 0 Å². The molecule has 0 saturated carbocycles. The first-order valence-electron chi connectivity index (χ1n) is 4.83. The van der Waals surface area contributed by atoms with Crippen molar-refractivity contribution in [2.45, 2.75) is 13.3 Å². The van der Waals surface area contributed by atoms with Gasteiger partial charge >= 0.3 is 0 Å². The van der Waals surface area contributed by atoms with E-state index in [9.17, 15) is 0 Å². The third-order valence-electron chi connectivity index (χ3n) is 2.22. The van der Waals surface area contributed by atoms with Gasteiger partial charge in [-0.2, -0.15) is 0 Å². The van der Waals surface area contributed by atoms with Crippen molar-refractivity contribution in [3.8, 4) is 0 Å². The number of benzene rings is 1. The highest BCUT2D eigenvalue weighted by atomic mass is 16.5. The Hall–Kier alpha value is -1.22. The van der Waals surface area contributed by atoms with Gasteiger partial charge in [0, 0.05) is 31.6 Å². The maximum absolute atomic E-state index is 5.79. The van der Waals surface area contributed by atoms with Crippen LogP contribution in [-0.2, 0) is 4.74 Å². The molecule has 0 heterocycles. The number of rotatable bonds is 5. The highest BCUT2D eigenvalue weighted by Crippen LogP contribution is 2.19. The van der Waals surface area contributed by atoms with Crippen LogP contribution in [-0.4, -0.2) is 20.3 Å². The molecule has 3 nitrogen and oxygen atoms in total. The minimum absolute atomic E-state index is 0.786. The van der Waals surface area contributed by atoms with Crippen LogP contribution in [0, 0.1) is 6.92 Å². The monoisotopic (exact) mass is 194 g/mol. The van der Waals surface area contributed by atoms with Crippen LogP contribution in [0.15, 0.2) is 18.2 Å². The average Bonchev–Trinajstić information content (AvgIpc) is 2.19. The molecule has 0 unspecified atom stereocenters. The number of hydrogen-bond acceptors (Lipinski definition) is 3. The van der Waals surface area contributed by atoms with E-state index in [-0.39, 0.29) is 0 Å². The van der Waals surface area contributed by atoms with E-state index >= 15 is 0 Å². The van der Waals surface area contributed by atoms with Gasteiger partial charge in [-0.05, 0) is 31.0 Å². The number of nitrogens with one attached hydrogen (secondary N) is 1. The molecule has 0 aliphatic rings. The quantitative estimate of drug-likeness (QED) is 0.557. The number of anilines is 2. The van der Waals surface area contributed by atoms with Gasteiger partial charge in [0.05, 0.1) is 0 Å². The van der Waals surface area contributed by atoms with Crippen molar-refractivity contribution >= 4 is 11.4 Å². The summed E-state index contributed by atoms with van der Waals surface area (Å²) in [6.07, 6.45) is 1.00. The van der Waals surface area contributed by atoms with E-state index < -0.39 is 0 Å². The van der Waals surface area contributed by atoms with Gasteiger partial charge in [-0.15, -0.1) is 0 Å². The molecule has 1 rings (SSSR count). The van der Waals surface area contributed by atoms with E-state index in [1.807, 2.05) is 25.1 Å². The van der Waals surface area contributed by atoms with Crippen LogP contribution in [0.5, 0.6) is 0 Å². The Balaban J connectivity index is 2.46. The van der Waals surface area contributed by atoms with E-state index in [4.69, 9.17) is 10.5 Å². The highest BCUT2D eigenvalue weighted by molar-refractivity contribution is 5.62. The van der Waals surface area contributed by atoms with Crippen molar-refractivity contribution in [3.05, 3.63) is 23.8 Å². The number of methoxy groups -OCH3 is 1. The molecule has 0 fully saturated rings. The van der Waals surface area contributed by atoms with E-state index in [1.165, 1.54) is 0 Å². The van der Waals surface area contributed by atoms with Crippen molar-refractivity contribution in [2.75, 3.05) is 31.3 Å². The first-order valence-corrected chi connectivity index (χ1v) is 4.83. The normalized spacial score (nSPS) is 10.1. The van der Waals surface area contributed by atoms with Gasteiger partial charge < -0.3 is 15.8 Å². The molecule has 0 bridgehead atoms. The topological polar surface area (TPSA) is 47.3 Å². The Morgan fingerprint density at radius 3 is 2.93 bits per heavy atom. The van der Waals surface area contributed by atoms with Crippen LogP contribution in [0.1, 0.15) is 12.0 Å². The summed E-state index contributed by atoms with van der Waals surface area (Å²) < 4.78 is 4.97. The molecular weight excluding hydrogens is 176 g/mol. The fourth-order valence-corrected chi connectivity index (χ4v) is 1.28. The largest absolute Gasteiger partial charge is 0.398 e. The smallest absolute Gasteiger partial charge is 0.0479 e. The standard InChI is InChI=1S/C11H18N2O/c1-9-10(12)5-3-6-11(9)13-7-4-8-14-2/h3,5-6,13H,4,7-8,12H2,1-2H3. The van der Waals surface area contributed by atoms with Gasteiger partial charge in [0.25, 0.3) is 0 Å². The summed E-state index contributed by atoms with van der Waals surface area (Å²) in [4.78, 5) is 0. The van der Waals surface area contributed by atoms with Crippen molar-refractivity contribution in [3.63, 3.8) is 0 Å². The lowest BCUT2D eigenvalue weighted by Gasteiger charge is -2.10. The lowest BCUT2D eigenvalue weighted by molar-refractivity contribution is 0.198. The van der Waals surface area contributed by atoms with Crippen molar-refractivity contribution < 1.29 is 4.74 Å². The molecule has 14 heavy (non-hydrogen) atoms. The van der Waals surface area contributed by atoms with Gasteiger partial charge in [-0.25, -0.2) is 0 Å². The molecule has 0 aliphatic carbocycles. The maximum Gasteiger partial charge on any atom is 0.0479 e. The van der Waals surface area contributed by atoms with Crippen LogP contribution in [0.25, 0.3) is 0 Å². The molecule has 3 heteroatoms. The average molecular weight is 194 g/mol. The molecule has 0 aliphatic heterocycles. The first kappa shape index (κ1) is 10.9. The summed E-state index contributed by atoms with van der Waals surface area (Å²) in [6, 6.07) is 5.91. The summed E-state index contributed by atoms with van der Waals surface area (Å²) in [5, 5.41) is 3.33. The molecule has 0 spiro atoms. The predicted molar refractivity (Wildman–Crippen MR) is 60.6 cm³/mol. The minimum atomic E-state index is 0.786. The molecule has 0 aromatic heterocycles. The molecule has 0 saturated heterocycles. The van der Waals surface area contributed by atoms with Gasteiger partial charge in [-0.1, -0.05) is 6.07 Å². The summed E-state index contributed by atoms with van der Waals surface area (Å²) >= 11 is 0. The lowest BCUT2D eigenvalue weighted by Crippen LogP contribution is -2.06. The molecule has 78 valence electrons. The van der Waals surface area contributed by atoms with Gasteiger partial charge in [0.1, 0.15) is 0 Å². The number of nitrogen functional groups attached to an aromatic ring is 1. The van der Waals surface area contributed by atoms with E-state index in [0.717, 1.165) is 36.5 Å². The summed E-state index contributed by atoms with van der Waals surface area (Å²) in [6.45, 7) is 3.72. The summed E-state index contributed by atoms with van der Waals surface area (Å²) in [5.41, 5.74) is 8.85. The van der Waals surface area contributed by atoms with Crippen LogP contribution >= 0.6 is 0 Å². The Morgan fingerprint density at radius 1 is 1.43 bits per heavy atom. The second kappa shape index (κ2) is 5.50. The zero-order valence-corrected chi connectivity index (χ0v) is 8.84. The van der Waals surface area contributed by atoms with Crippen molar-refractivity contribution in [1.29, 1.82) is 0 Å². The molecule has 1 aromatic rings. The van der Waals surface area contributed by atoms with Crippen LogP contribution in [0.2, 0.25) is 0 Å². The van der Waals surface area contributed by atoms with Crippen molar-refractivity contribution in [1.82, 2.24) is 0 Å². The molecule has 1 aromatic carbocycles. The second-order valence-electron chi connectivity index (χ2n) is 3.29. The fraction of sp³-hybridized carbons (Fsp3) is 0.455. The van der Waals surface area contributed by atoms with E-state index in [2.05, 4.69) is 5.32 Å². The molecule has 0 radical (unpaired) electrons. The van der Waals surface area contributed by atoms with Gasteiger partial charge in [0.15, 0.2) is 0 Å². The molecule has 0 amide bonds. The second-order valence-corrected chi connectivity index (χ2v) is 3.29. The number of hydrogen-bond donors (Lipinski definition) is 2. The van der Waals surface area contributed by atoms with Crippen LogP contribution in [0.3, 0.4) is 0 Å². The predicted octanol–water partition coefficient (Wildman–Crippen LogP) is 2.03. The zero-order chi connectivity index (χ0) is 10.4. The Labute approximate surface area is 85.3 Å². The number of ether oxygens (including phenoxy) is 1. The molecule has 3 N–H and O–H groups in total. The molecule has 0 atom stereocenters. The Morgan fingerprint density at radius 2 is 2.21 bits per heavy atom. The van der Waals surface area contributed by atoms with E-state index in [0.29, 0.717) is 0 Å². The highest BCUT2D eigenvalue weighted by Gasteiger charge is 1.99. The van der Waals surface area contributed by atoms with Crippen LogP contribution in [0.4, 0.5) is 11.4 Å². The first-order chi connectivity index (χ1) is 6.75. The SMILES string of the molecule is COCCCNc1cccc(N)c1C.